The quantitative estimate of drug-likeness (QED) is 0.623. The number of amides is 2. The predicted octanol–water partition coefficient (Wildman–Crippen LogP) is 0.973. The number of nitrogens with zero attached hydrogens (tertiary/aromatic N) is 2. The number of nitrogens with one attached hydrogen (secondary N) is 1. The van der Waals surface area contributed by atoms with Crippen molar-refractivity contribution in [3.8, 4) is 0 Å². The van der Waals surface area contributed by atoms with Gasteiger partial charge in [0.25, 0.3) is 5.91 Å². The number of hydrazone groups is 1. The van der Waals surface area contributed by atoms with E-state index in [0.717, 1.165) is 9.37 Å². The number of esters is 1. The second-order valence-electron chi connectivity index (χ2n) is 5.11. The summed E-state index contributed by atoms with van der Waals surface area (Å²) in [6.45, 7) is 0. The van der Waals surface area contributed by atoms with E-state index in [0.29, 0.717) is 5.69 Å². The third kappa shape index (κ3) is 2.19. The summed E-state index contributed by atoms with van der Waals surface area (Å²) in [7, 11) is 1.24. The van der Waals surface area contributed by atoms with Gasteiger partial charge in [-0.05, 0) is 24.3 Å². The van der Waals surface area contributed by atoms with E-state index in [9.17, 15) is 14.4 Å². The molecule has 22 heavy (non-hydrogen) atoms. The lowest BCUT2D eigenvalue weighted by atomic mass is 9.93. The Balaban J connectivity index is 1.87. The van der Waals surface area contributed by atoms with Crippen LogP contribution >= 0.6 is 15.9 Å². The van der Waals surface area contributed by atoms with E-state index in [2.05, 4.69) is 31.2 Å². The number of carbonyl (C=O) groups is 3. The first-order valence-corrected chi connectivity index (χ1v) is 7.31. The molecule has 7 nitrogen and oxygen atoms in total. The maximum Gasteiger partial charge on any atom is 0.354 e. The van der Waals surface area contributed by atoms with Gasteiger partial charge in [-0.3, -0.25) is 15.0 Å². The molecule has 2 aliphatic heterocycles. The number of carbonyl (C=O) groups excluding carboxylic acids is 3. The number of imide groups is 1. The number of ether oxygens (including phenoxy) is 1. The summed E-state index contributed by atoms with van der Waals surface area (Å²) in [5.41, 5.74) is 2.07. The van der Waals surface area contributed by atoms with E-state index >= 15 is 0 Å². The number of anilines is 1. The molecule has 2 aliphatic rings. The molecule has 1 spiro atoms. The normalized spacial score (nSPS) is 23.7. The van der Waals surface area contributed by atoms with Gasteiger partial charge in [0.15, 0.2) is 0 Å². The summed E-state index contributed by atoms with van der Waals surface area (Å²) in [6, 6.07) is 6.85. The fraction of sp³-hybridized carbons (Fsp3) is 0.286. The maximum absolute atomic E-state index is 12.7. The van der Waals surface area contributed by atoms with Crippen molar-refractivity contribution in [3.63, 3.8) is 0 Å². The molecule has 1 saturated heterocycles. The van der Waals surface area contributed by atoms with Gasteiger partial charge >= 0.3 is 5.97 Å². The average Bonchev–Trinajstić information content (AvgIpc) is 3.03. The predicted molar refractivity (Wildman–Crippen MR) is 81.2 cm³/mol. The van der Waals surface area contributed by atoms with Crippen molar-refractivity contribution < 1.29 is 19.1 Å². The molecule has 2 amide bonds. The Hall–Kier alpha value is -2.22. The molecule has 1 fully saturated rings. The SMILES string of the molecule is COC(=O)C1=NN[C@@]2(CC(=O)N(c3ccc(Br)cc3)C2=O)C1. The van der Waals surface area contributed by atoms with Crippen molar-refractivity contribution in [1.29, 1.82) is 0 Å². The van der Waals surface area contributed by atoms with E-state index in [4.69, 9.17) is 0 Å². The van der Waals surface area contributed by atoms with Crippen molar-refractivity contribution in [2.24, 2.45) is 5.10 Å². The second kappa shape index (κ2) is 5.20. The minimum absolute atomic E-state index is 0.0390. The summed E-state index contributed by atoms with van der Waals surface area (Å²) in [4.78, 5) is 37.6. The minimum atomic E-state index is -1.19. The van der Waals surface area contributed by atoms with Crippen LogP contribution in [-0.2, 0) is 19.1 Å². The molecular weight excluding hydrogens is 354 g/mol. The molecule has 1 aromatic rings. The number of hydrogen-bond acceptors (Lipinski definition) is 6. The minimum Gasteiger partial charge on any atom is -0.464 e. The number of benzene rings is 1. The van der Waals surface area contributed by atoms with Crippen molar-refractivity contribution >= 4 is 45.1 Å². The van der Waals surface area contributed by atoms with Gasteiger partial charge in [0.1, 0.15) is 11.3 Å². The zero-order valence-corrected chi connectivity index (χ0v) is 13.2. The van der Waals surface area contributed by atoms with Gasteiger partial charge in [0.2, 0.25) is 5.91 Å². The molecule has 0 unspecified atom stereocenters. The van der Waals surface area contributed by atoms with Crippen LogP contribution in [0.5, 0.6) is 0 Å². The first-order chi connectivity index (χ1) is 10.5. The van der Waals surface area contributed by atoms with Crippen LogP contribution in [0.1, 0.15) is 12.8 Å². The van der Waals surface area contributed by atoms with Crippen molar-refractivity contribution in [2.45, 2.75) is 18.4 Å². The van der Waals surface area contributed by atoms with Crippen LogP contribution < -0.4 is 10.3 Å². The average molecular weight is 366 g/mol. The number of halogens is 1. The zero-order chi connectivity index (χ0) is 15.9. The second-order valence-corrected chi connectivity index (χ2v) is 6.02. The van der Waals surface area contributed by atoms with Gasteiger partial charge < -0.3 is 4.74 Å². The van der Waals surface area contributed by atoms with Crippen LogP contribution in [-0.4, -0.2) is 36.1 Å². The lowest BCUT2D eigenvalue weighted by Crippen LogP contribution is -2.47. The maximum atomic E-state index is 12.7. The van der Waals surface area contributed by atoms with Crippen LogP contribution in [0.25, 0.3) is 0 Å². The molecule has 1 aromatic carbocycles. The highest BCUT2D eigenvalue weighted by molar-refractivity contribution is 9.10. The zero-order valence-electron chi connectivity index (χ0n) is 11.6. The molecule has 0 aliphatic carbocycles. The lowest BCUT2D eigenvalue weighted by molar-refractivity contribution is -0.132. The first kappa shape index (κ1) is 14.7. The molecule has 1 N–H and O–H groups in total. The van der Waals surface area contributed by atoms with Gasteiger partial charge in [0, 0.05) is 10.9 Å². The van der Waals surface area contributed by atoms with E-state index in [-0.39, 0.29) is 24.5 Å². The van der Waals surface area contributed by atoms with Crippen LogP contribution in [0.4, 0.5) is 5.69 Å². The van der Waals surface area contributed by atoms with Gasteiger partial charge in [-0.15, -0.1) is 0 Å². The molecule has 0 radical (unpaired) electrons. The Bertz CT molecular complexity index is 701. The molecule has 0 saturated carbocycles. The Labute approximate surface area is 134 Å². The Morgan fingerprint density at radius 3 is 2.64 bits per heavy atom. The van der Waals surface area contributed by atoms with Gasteiger partial charge in [-0.2, -0.15) is 5.10 Å². The molecule has 114 valence electrons. The van der Waals surface area contributed by atoms with Gasteiger partial charge in [-0.1, -0.05) is 15.9 Å². The van der Waals surface area contributed by atoms with Crippen molar-refractivity contribution in [1.82, 2.24) is 5.43 Å². The molecular formula is C14H12BrN3O4. The highest BCUT2D eigenvalue weighted by Gasteiger charge is 2.56. The third-order valence-electron chi connectivity index (χ3n) is 3.69. The topological polar surface area (TPSA) is 88.1 Å². The standard InChI is InChI=1S/C14H12BrN3O4/c1-22-12(20)10-6-14(17-16-10)7-11(19)18(13(14)21)9-4-2-8(15)3-5-9/h2-5,17H,6-7H2,1H3/t14-/m1/s1. The Kier molecular flexibility index (Phi) is 3.48. The third-order valence-corrected chi connectivity index (χ3v) is 4.22. The number of rotatable bonds is 2. The summed E-state index contributed by atoms with van der Waals surface area (Å²) in [6.07, 6.45) is -0.0107. The summed E-state index contributed by atoms with van der Waals surface area (Å²) >= 11 is 3.31. The van der Waals surface area contributed by atoms with E-state index < -0.39 is 17.4 Å². The van der Waals surface area contributed by atoms with E-state index in [1.165, 1.54) is 7.11 Å². The van der Waals surface area contributed by atoms with Crippen LogP contribution in [0.3, 0.4) is 0 Å². The fourth-order valence-corrected chi connectivity index (χ4v) is 2.86. The highest BCUT2D eigenvalue weighted by Crippen LogP contribution is 2.34. The van der Waals surface area contributed by atoms with Crippen molar-refractivity contribution in [2.75, 3.05) is 12.0 Å². The highest BCUT2D eigenvalue weighted by atomic mass is 79.9. The molecule has 0 bridgehead atoms. The summed E-state index contributed by atoms with van der Waals surface area (Å²) < 4.78 is 5.45. The number of methoxy groups -OCH3 is 1. The molecule has 3 rings (SSSR count). The largest absolute Gasteiger partial charge is 0.464 e. The number of hydrogen-bond donors (Lipinski definition) is 1. The summed E-state index contributed by atoms with van der Waals surface area (Å²) in [5.74, 6) is -1.35. The molecule has 0 aromatic heterocycles. The van der Waals surface area contributed by atoms with Gasteiger partial charge in [0.05, 0.1) is 19.2 Å². The van der Waals surface area contributed by atoms with E-state index in [1.54, 1.807) is 24.3 Å². The van der Waals surface area contributed by atoms with Crippen molar-refractivity contribution in [3.05, 3.63) is 28.7 Å². The lowest BCUT2D eigenvalue weighted by Gasteiger charge is -2.21. The monoisotopic (exact) mass is 365 g/mol. The van der Waals surface area contributed by atoms with Gasteiger partial charge in [-0.25, -0.2) is 9.69 Å². The van der Waals surface area contributed by atoms with Crippen LogP contribution in [0, 0.1) is 0 Å². The smallest absolute Gasteiger partial charge is 0.354 e. The Morgan fingerprint density at radius 2 is 2.00 bits per heavy atom. The molecule has 8 heteroatoms. The summed E-state index contributed by atoms with van der Waals surface area (Å²) in [5, 5.41) is 3.85. The Morgan fingerprint density at radius 1 is 1.32 bits per heavy atom. The molecule has 2 heterocycles. The van der Waals surface area contributed by atoms with E-state index in [1.807, 2.05) is 0 Å². The first-order valence-electron chi connectivity index (χ1n) is 6.52. The van der Waals surface area contributed by atoms with Crippen LogP contribution in [0.2, 0.25) is 0 Å². The molecule has 1 atom stereocenters. The van der Waals surface area contributed by atoms with Crippen LogP contribution in [0.15, 0.2) is 33.8 Å². The fourth-order valence-electron chi connectivity index (χ4n) is 2.59.